The Hall–Kier alpha value is -3.21. The number of hydrogen-bond acceptors (Lipinski definition) is 8. The van der Waals surface area contributed by atoms with Crippen LogP contribution in [0.3, 0.4) is 0 Å². The molecule has 1 saturated carbocycles. The summed E-state index contributed by atoms with van der Waals surface area (Å²) in [6.45, 7) is 3.97. The Kier molecular flexibility index (Phi) is 6.54. The van der Waals surface area contributed by atoms with Crippen molar-refractivity contribution < 1.29 is 14.1 Å². The standard InChI is InChI=1S/C21H25N7O3S/c1-12(2)17(20-25-18(27-31-20)13-7-8-13)24-19(30)14-5-4-6-15(9-14)23-16(29)10-32-21-26-22-11-28(21)3/h4-6,9,11-13,17H,7-8,10H2,1-3H3,(H,23,29)(H,24,30). The van der Waals surface area contributed by atoms with Gasteiger partial charge in [0.05, 0.1) is 5.75 Å². The number of rotatable bonds is 9. The molecule has 168 valence electrons. The highest BCUT2D eigenvalue weighted by Crippen LogP contribution is 2.38. The van der Waals surface area contributed by atoms with E-state index in [1.54, 1.807) is 35.2 Å². The van der Waals surface area contributed by atoms with Crippen LogP contribution in [-0.2, 0) is 11.8 Å². The molecule has 2 amide bonds. The highest BCUT2D eigenvalue weighted by Gasteiger charge is 2.31. The van der Waals surface area contributed by atoms with E-state index in [1.807, 2.05) is 20.9 Å². The van der Waals surface area contributed by atoms with Gasteiger partial charge in [0.15, 0.2) is 11.0 Å². The van der Waals surface area contributed by atoms with Crippen LogP contribution in [0, 0.1) is 5.92 Å². The Balaban J connectivity index is 1.38. The molecule has 1 aliphatic rings. The first kappa shape index (κ1) is 22.0. The Morgan fingerprint density at radius 3 is 2.81 bits per heavy atom. The number of benzene rings is 1. The van der Waals surface area contributed by atoms with Crippen LogP contribution in [-0.4, -0.2) is 42.5 Å². The molecule has 0 radical (unpaired) electrons. The van der Waals surface area contributed by atoms with Gasteiger partial charge in [-0.25, -0.2) is 0 Å². The van der Waals surface area contributed by atoms with E-state index >= 15 is 0 Å². The predicted octanol–water partition coefficient (Wildman–Crippen LogP) is 2.93. The lowest BCUT2D eigenvalue weighted by atomic mass is 10.0. The average molecular weight is 456 g/mol. The van der Waals surface area contributed by atoms with Crippen LogP contribution in [0.4, 0.5) is 5.69 Å². The summed E-state index contributed by atoms with van der Waals surface area (Å²) < 4.78 is 7.16. The molecule has 1 fully saturated rings. The highest BCUT2D eigenvalue weighted by atomic mass is 32.2. The second kappa shape index (κ2) is 9.51. The smallest absolute Gasteiger partial charge is 0.252 e. The van der Waals surface area contributed by atoms with Crippen molar-refractivity contribution in [1.29, 1.82) is 0 Å². The minimum absolute atomic E-state index is 0.0620. The number of nitrogens with zero attached hydrogens (tertiary/aromatic N) is 5. The fourth-order valence-corrected chi connectivity index (χ4v) is 3.78. The third kappa shape index (κ3) is 5.34. The minimum Gasteiger partial charge on any atom is -0.340 e. The molecule has 3 aromatic rings. The molecule has 2 N–H and O–H groups in total. The maximum absolute atomic E-state index is 12.9. The van der Waals surface area contributed by atoms with Gasteiger partial charge in [0.25, 0.3) is 5.91 Å². The molecule has 32 heavy (non-hydrogen) atoms. The molecule has 0 aliphatic heterocycles. The molecule has 1 unspecified atom stereocenters. The van der Waals surface area contributed by atoms with Gasteiger partial charge in [-0.2, -0.15) is 4.98 Å². The van der Waals surface area contributed by atoms with Crippen LogP contribution in [0.5, 0.6) is 0 Å². The maximum atomic E-state index is 12.9. The van der Waals surface area contributed by atoms with E-state index in [1.165, 1.54) is 11.8 Å². The Morgan fingerprint density at radius 2 is 2.12 bits per heavy atom. The summed E-state index contributed by atoms with van der Waals surface area (Å²) in [6, 6.07) is 6.40. The molecule has 1 aliphatic carbocycles. The third-order valence-corrected chi connectivity index (χ3v) is 6.06. The summed E-state index contributed by atoms with van der Waals surface area (Å²) >= 11 is 1.28. The van der Waals surface area contributed by atoms with Crippen LogP contribution in [0.25, 0.3) is 0 Å². The summed E-state index contributed by atoms with van der Waals surface area (Å²) in [4.78, 5) is 29.7. The van der Waals surface area contributed by atoms with Gasteiger partial charge in [-0.1, -0.05) is 36.8 Å². The third-order valence-electron chi connectivity index (χ3n) is 5.03. The van der Waals surface area contributed by atoms with Gasteiger partial charge in [0.2, 0.25) is 11.8 Å². The van der Waals surface area contributed by atoms with Crippen LogP contribution < -0.4 is 10.6 Å². The minimum atomic E-state index is -0.399. The average Bonchev–Trinajstić information content (AvgIpc) is 3.36. The molecule has 1 aromatic carbocycles. The molecule has 2 heterocycles. The van der Waals surface area contributed by atoms with E-state index < -0.39 is 6.04 Å². The lowest BCUT2D eigenvalue weighted by Crippen LogP contribution is -2.32. The van der Waals surface area contributed by atoms with Crippen LogP contribution in [0.2, 0.25) is 0 Å². The van der Waals surface area contributed by atoms with Gasteiger partial charge in [0.1, 0.15) is 12.4 Å². The van der Waals surface area contributed by atoms with Crippen molar-refractivity contribution >= 4 is 29.3 Å². The summed E-state index contributed by atoms with van der Waals surface area (Å²) in [7, 11) is 1.81. The largest absolute Gasteiger partial charge is 0.340 e. The molecule has 0 spiro atoms. The van der Waals surface area contributed by atoms with E-state index in [0.29, 0.717) is 34.0 Å². The van der Waals surface area contributed by atoms with Crippen molar-refractivity contribution in [3.05, 3.63) is 47.9 Å². The van der Waals surface area contributed by atoms with Gasteiger partial charge in [0, 0.05) is 24.2 Å². The quantitative estimate of drug-likeness (QED) is 0.471. The van der Waals surface area contributed by atoms with E-state index in [4.69, 9.17) is 4.52 Å². The van der Waals surface area contributed by atoms with Crippen LogP contribution in [0.1, 0.15) is 60.7 Å². The second-order valence-electron chi connectivity index (χ2n) is 8.10. The Morgan fingerprint density at radius 1 is 1.31 bits per heavy atom. The number of hydrogen-bond donors (Lipinski definition) is 2. The number of anilines is 1. The van der Waals surface area contributed by atoms with Gasteiger partial charge in [-0.05, 0) is 37.0 Å². The zero-order valence-electron chi connectivity index (χ0n) is 18.1. The van der Waals surface area contributed by atoms with Crippen molar-refractivity contribution in [2.75, 3.05) is 11.1 Å². The highest BCUT2D eigenvalue weighted by molar-refractivity contribution is 7.99. The molecular formula is C21H25N7O3S. The Bertz CT molecular complexity index is 1110. The molecule has 11 heteroatoms. The number of aryl methyl sites for hydroxylation is 1. The van der Waals surface area contributed by atoms with Crippen LogP contribution >= 0.6 is 11.8 Å². The van der Waals surface area contributed by atoms with Gasteiger partial charge in [-0.15, -0.1) is 10.2 Å². The number of amides is 2. The summed E-state index contributed by atoms with van der Waals surface area (Å²) in [5.74, 6) is 1.27. The van der Waals surface area contributed by atoms with E-state index in [0.717, 1.165) is 12.8 Å². The van der Waals surface area contributed by atoms with Crippen molar-refractivity contribution in [3.8, 4) is 0 Å². The summed E-state index contributed by atoms with van der Waals surface area (Å²) in [5.41, 5.74) is 0.965. The number of carbonyl (C=O) groups is 2. The normalized spacial score (nSPS) is 14.4. The van der Waals surface area contributed by atoms with Crippen molar-refractivity contribution in [2.24, 2.45) is 13.0 Å². The van der Waals surface area contributed by atoms with Gasteiger partial charge >= 0.3 is 0 Å². The SMILES string of the molecule is CC(C)C(NC(=O)c1cccc(NC(=O)CSc2nncn2C)c1)c1nc(C2CC2)no1. The Labute approximate surface area is 189 Å². The zero-order valence-corrected chi connectivity index (χ0v) is 18.9. The zero-order chi connectivity index (χ0) is 22.7. The molecule has 0 bridgehead atoms. The maximum Gasteiger partial charge on any atom is 0.252 e. The van der Waals surface area contributed by atoms with Crippen LogP contribution in [0.15, 0.2) is 40.3 Å². The lowest BCUT2D eigenvalue weighted by Gasteiger charge is -2.18. The van der Waals surface area contributed by atoms with Gasteiger partial charge < -0.3 is 19.7 Å². The number of nitrogens with one attached hydrogen (secondary N) is 2. The first-order chi connectivity index (χ1) is 15.4. The van der Waals surface area contributed by atoms with Crippen molar-refractivity contribution in [3.63, 3.8) is 0 Å². The number of aromatic nitrogens is 5. The monoisotopic (exact) mass is 455 g/mol. The first-order valence-corrected chi connectivity index (χ1v) is 11.4. The second-order valence-corrected chi connectivity index (χ2v) is 9.04. The van der Waals surface area contributed by atoms with Crippen molar-refractivity contribution in [2.45, 2.75) is 43.8 Å². The number of thioether (sulfide) groups is 1. The molecule has 10 nitrogen and oxygen atoms in total. The molecule has 2 aromatic heterocycles. The van der Waals surface area contributed by atoms with E-state index in [2.05, 4.69) is 31.0 Å². The number of carbonyl (C=O) groups excluding carboxylic acids is 2. The van der Waals surface area contributed by atoms with Crippen molar-refractivity contribution in [1.82, 2.24) is 30.2 Å². The molecular weight excluding hydrogens is 430 g/mol. The van der Waals surface area contributed by atoms with Gasteiger partial charge in [-0.3, -0.25) is 9.59 Å². The van der Waals surface area contributed by atoms with E-state index in [-0.39, 0.29) is 23.5 Å². The molecule has 1 atom stereocenters. The summed E-state index contributed by atoms with van der Waals surface area (Å²) in [6.07, 6.45) is 3.73. The topological polar surface area (TPSA) is 128 Å². The lowest BCUT2D eigenvalue weighted by molar-refractivity contribution is -0.113. The fourth-order valence-electron chi connectivity index (χ4n) is 3.09. The fraction of sp³-hybridized carbons (Fsp3) is 0.429. The predicted molar refractivity (Wildman–Crippen MR) is 118 cm³/mol. The summed E-state index contributed by atoms with van der Waals surface area (Å²) in [5, 5.41) is 18.2. The molecule has 4 rings (SSSR count). The molecule has 0 saturated heterocycles. The first-order valence-electron chi connectivity index (χ1n) is 10.4. The van der Waals surface area contributed by atoms with E-state index in [9.17, 15) is 9.59 Å².